The Labute approximate surface area is 163 Å². The summed E-state index contributed by atoms with van der Waals surface area (Å²) in [6, 6.07) is 1.72. The lowest BCUT2D eigenvalue weighted by Gasteiger charge is -2.31. The van der Waals surface area contributed by atoms with Crippen LogP contribution < -0.4 is 10.6 Å². The van der Waals surface area contributed by atoms with Gasteiger partial charge in [0.2, 0.25) is 0 Å². The smallest absolute Gasteiger partial charge is 0.319 e. The second-order valence-corrected chi connectivity index (χ2v) is 7.12. The first-order valence-electron chi connectivity index (χ1n) is 9.02. The van der Waals surface area contributed by atoms with Crippen LogP contribution in [0.15, 0.2) is 18.2 Å². The second-order valence-electron chi connectivity index (χ2n) is 7.12. The summed E-state index contributed by atoms with van der Waals surface area (Å²) in [5.41, 5.74) is -0.154. The second kappa shape index (κ2) is 10.1. The molecule has 0 radical (unpaired) electrons. The van der Waals surface area contributed by atoms with Crippen molar-refractivity contribution < 1.29 is 28.5 Å². The number of urea groups is 1. The third-order valence-corrected chi connectivity index (χ3v) is 4.69. The van der Waals surface area contributed by atoms with E-state index in [1.807, 2.05) is 30.9 Å². The number of rotatable bonds is 8. The Morgan fingerprint density at radius 2 is 1.93 bits per heavy atom. The molecule has 4 atom stereocenters. The van der Waals surface area contributed by atoms with Crippen LogP contribution >= 0.6 is 0 Å². The van der Waals surface area contributed by atoms with Gasteiger partial charge in [0.05, 0.1) is 24.4 Å². The quantitative estimate of drug-likeness (QED) is 0.491. The van der Waals surface area contributed by atoms with E-state index in [2.05, 4.69) is 10.6 Å². The summed E-state index contributed by atoms with van der Waals surface area (Å²) < 4.78 is 32.3. The summed E-state index contributed by atoms with van der Waals surface area (Å²) >= 11 is 0. The molecular weight excluding hydrogens is 374 g/mol. The Bertz CT molecular complexity index is 664. The molecule has 0 spiro atoms. The molecule has 28 heavy (non-hydrogen) atoms. The van der Waals surface area contributed by atoms with E-state index in [0.717, 1.165) is 18.7 Å². The van der Waals surface area contributed by atoms with Crippen LogP contribution in [0.3, 0.4) is 0 Å². The fraction of sp³-hybridized carbons (Fsp3) is 0.611. The zero-order valence-electron chi connectivity index (χ0n) is 16.2. The number of amides is 2. The molecule has 0 bridgehead atoms. The van der Waals surface area contributed by atoms with Crippen molar-refractivity contribution in [3.8, 4) is 0 Å². The number of hydrogen-bond donors (Lipinski definition) is 4. The normalized spacial score (nSPS) is 24.8. The number of hydrogen-bond acceptors (Lipinski definition) is 6. The van der Waals surface area contributed by atoms with Gasteiger partial charge in [-0.25, -0.2) is 13.6 Å². The van der Waals surface area contributed by atoms with Crippen molar-refractivity contribution in [3.05, 3.63) is 29.8 Å². The molecule has 1 aliphatic heterocycles. The molecule has 1 fully saturated rings. The molecule has 0 unspecified atom stereocenters. The summed E-state index contributed by atoms with van der Waals surface area (Å²) in [6.45, 7) is 1.11. The van der Waals surface area contributed by atoms with Crippen molar-refractivity contribution >= 4 is 11.7 Å². The van der Waals surface area contributed by atoms with Crippen molar-refractivity contribution in [1.82, 2.24) is 15.1 Å². The SMILES string of the molecule is CN(C)CCN(C)[C@@H]1[C@H](O)[C@H](CO)O[C@@H]1CNC(=O)Nc1ccc(F)cc1F. The highest BCUT2D eigenvalue weighted by molar-refractivity contribution is 5.89. The summed E-state index contributed by atoms with van der Waals surface area (Å²) in [4.78, 5) is 16.0. The van der Waals surface area contributed by atoms with E-state index in [1.54, 1.807) is 0 Å². The summed E-state index contributed by atoms with van der Waals surface area (Å²) in [5, 5.41) is 24.7. The van der Waals surface area contributed by atoms with Crippen LogP contribution in [0.1, 0.15) is 0 Å². The first kappa shape index (κ1) is 22.4. The van der Waals surface area contributed by atoms with E-state index in [4.69, 9.17) is 4.74 Å². The van der Waals surface area contributed by atoms with Crippen molar-refractivity contribution in [2.45, 2.75) is 24.4 Å². The van der Waals surface area contributed by atoms with Gasteiger partial charge < -0.3 is 30.5 Å². The largest absolute Gasteiger partial charge is 0.394 e. The first-order valence-corrected chi connectivity index (χ1v) is 9.02. The van der Waals surface area contributed by atoms with Gasteiger partial charge in [0.15, 0.2) is 0 Å². The van der Waals surface area contributed by atoms with Crippen molar-refractivity contribution in [3.63, 3.8) is 0 Å². The number of carbonyl (C=O) groups excluding carboxylic acids is 1. The van der Waals surface area contributed by atoms with Gasteiger partial charge in [-0.2, -0.15) is 0 Å². The van der Waals surface area contributed by atoms with Crippen LogP contribution in [0.4, 0.5) is 19.3 Å². The third-order valence-electron chi connectivity index (χ3n) is 4.69. The van der Waals surface area contributed by atoms with Crippen molar-refractivity contribution in [2.24, 2.45) is 0 Å². The molecule has 0 aliphatic carbocycles. The third kappa shape index (κ3) is 5.82. The lowest BCUT2D eigenvalue weighted by atomic mass is 10.0. The maximum absolute atomic E-state index is 13.6. The Hall–Kier alpha value is -1.85. The lowest BCUT2D eigenvalue weighted by Crippen LogP contribution is -2.51. The number of nitrogens with zero attached hydrogens (tertiary/aromatic N) is 2. The van der Waals surface area contributed by atoms with Crippen LogP contribution in [-0.4, -0.2) is 97.8 Å². The molecule has 158 valence electrons. The van der Waals surface area contributed by atoms with Gasteiger partial charge >= 0.3 is 6.03 Å². The number of nitrogens with one attached hydrogen (secondary N) is 2. The lowest BCUT2D eigenvalue weighted by molar-refractivity contribution is -0.0205. The fourth-order valence-corrected chi connectivity index (χ4v) is 3.15. The van der Waals surface area contributed by atoms with E-state index in [1.165, 1.54) is 0 Å². The summed E-state index contributed by atoms with van der Waals surface area (Å²) in [6.07, 6.45) is -2.24. The predicted molar refractivity (Wildman–Crippen MR) is 100 cm³/mol. The molecular formula is C18H28F2N4O4. The average molecular weight is 402 g/mol. The van der Waals surface area contributed by atoms with Crippen LogP contribution in [0, 0.1) is 11.6 Å². The average Bonchev–Trinajstić information content (AvgIpc) is 2.96. The Balaban J connectivity index is 1.96. The number of likely N-dealkylation sites (N-methyl/N-ethyl adjacent to an activating group) is 2. The number of benzene rings is 1. The van der Waals surface area contributed by atoms with Gasteiger partial charge in [-0.15, -0.1) is 0 Å². The van der Waals surface area contributed by atoms with Crippen LogP contribution in [-0.2, 0) is 4.74 Å². The van der Waals surface area contributed by atoms with Gasteiger partial charge in [0, 0.05) is 25.7 Å². The molecule has 1 saturated heterocycles. The van der Waals surface area contributed by atoms with E-state index < -0.39 is 42.0 Å². The zero-order chi connectivity index (χ0) is 20.8. The number of ether oxygens (including phenoxy) is 1. The number of halogens is 2. The Kier molecular flexibility index (Phi) is 8.08. The number of carbonyl (C=O) groups is 1. The Morgan fingerprint density at radius 1 is 1.21 bits per heavy atom. The van der Waals surface area contributed by atoms with E-state index in [9.17, 15) is 23.8 Å². The molecule has 10 heteroatoms. The molecule has 2 amide bonds. The molecule has 8 nitrogen and oxygen atoms in total. The van der Waals surface area contributed by atoms with Crippen LogP contribution in [0.5, 0.6) is 0 Å². The number of aliphatic hydroxyl groups excluding tert-OH is 2. The van der Waals surface area contributed by atoms with E-state index in [-0.39, 0.29) is 18.8 Å². The van der Waals surface area contributed by atoms with Crippen molar-refractivity contribution in [2.75, 3.05) is 52.7 Å². The topological polar surface area (TPSA) is 97.3 Å². The highest BCUT2D eigenvalue weighted by Gasteiger charge is 2.45. The van der Waals surface area contributed by atoms with Crippen LogP contribution in [0.25, 0.3) is 0 Å². The maximum Gasteiger partial charge on any atom is 0.319 e. The Morgan fingerprint density at radius 3 is 2.54 bits per heavy atom. The summed E-state index contributed by atoms with van der Waals surface area (Å²) in [5.74, 6) is -1.63. The standard InChI is InChI=1S/C18H28F2N4O4/c1-23(2)6-7-24(3)16-14(28-15(10-25)17(16)26)9-21-18(27)22-13-5-4-11(19)8-12(13)20/h4-5,8,14-17,25-26H,6-7,9-10H2,1-3H3,(H2,21,22,27)/t14-,15+,16+,17-/m1/s1. The molecule has 0 aromatic heterocycles. The zero-order valence-corrected chi connectivity index (χ0v) is 16.2. The maximum atomic E-state index is 13.6. The molecule has 1 aromatic rings. The molecule has 0 saturated carbocycles. The van der Waals surface area contributed by atoms with Gasteiger partial charge in [-0.1, -0.05) is 0 Å². The highest BCUT2D eigenvalue weighted by atomic mass is 19.1. The molecule has 1 aliphatic rings. The van der Waals surface area contributed by atoms with Gasteiger partial charge in [-0.05, 0) is 33.3 Å². The van der Waals surface area contributed by atoms with Gasteiger partial charge in [0.1, 0.15) is 23.8 Å². The number of aliphatic hydroxyl groups is 2. The van der Waals surface area contributed by atoms with Gasteiger partial charge in [0.25, 0.3) is 0 Å². The number of anilines is 1. The monoisotopic (exact) mass is 402 g/mol. The van der Waals surface area contributed by atoms with Crippen molar-refractivity contribution in [1.29, 1.82) is 0 Å². The molecule has 4 N–H and O–H groups in total. The minimum atomic E-state index is -0.915. The molecule has 1 aromatic carbocycles. The molecule has 1 heterocycles. The fourth-order valence-electron chi connectivity index (χ4n) is 3.15. The highest BCUT2D eigenvalue weighted by Crippen LogP contribution is 2.25. The summed E-state index contributed by atoms with van der Waals surface area (Å²) in [7, 11) is 5.70. The predicted octanol–water partition coefficient (Wildman–Crippen LogP) is 0.0689. The van der Waals surface area contributed by atoms with Gasteiger partial charge in [-0.3, -0.25) is 4.90 Å². The van der Waals surface area contributed by atoms with E-state index >= 15 is 0 Å². The minimum absolute atomic E-state index is 0.0409. The van der Waals surface area contributed by atoms with Crippen LogP contribution in [0.2, 0.25) is 0 Å². The minimum Gasteiger partial charge on any atom is -0.394 e. The van der Waals surface area contributed by atoms with E-state index in [0.29, 0.717) is 12.6 Å². The first-order chi connectivity index (χ1) is 13.2. The molecule has 2 rings (SSSR count).